The van der Waals surface area contributed by atoms with Crippen LogP contribution >= 0.6 is 0 Å². The third-order valence-corrected chi connectivity index (χ3v) is 5.37. The first-order chi connectivity index (χ1) is 16.1. The van der Waals surface area contributed by atoms with E-state index in [9.17, 15) is 14.3 Å². The average molecular weight is 442 g/mol. The number of alkyl halides is 1. The first-order valence-electron chi connectivity index (χ1n) is 10.2. The lowest BCUT2D eigenvalue weighted by molar-refractivity contribution is 0.282. The van der Waals surface area contributed by atoms with E-state index in [4.69, 9.17) is 15.7 Å². The van der Waals surface area contributed by atoms with Gasteiger partial charge in [-0.25, -0.2) is 19.3 Å². The van der Waals surface area contributed by atoms with Crippen molar-refractivity contribution >= 4 is 17.0 Å². The standard InChI is InChI=1S/C24H19FN6O2/c25-14-30-12-16(5-10-21(30)33)19-8-9-20-24(28-19)31(17-6-3-15(13-32)4-7-17)23(29-20)18-2-1-11-27-22(18)26/h1-12,32H,13-14H2,(H2,26,27). The molecular formula is C24H19FN6O2. The largest absolute Gasteiger partial charge is 0.392 e. The third kappa shape index (κ3) is 3.64. The Hall–Kier alpha value is -4.37. The predicted molar refractivity (Wildman–Crippen MR) is 123 cm³/mol. The van der Waals surface area contributed by atoms with E-state index >= 15 is 0 Å². The summed E-state index contributed by atoms with van der Waals surface area (Å²) < 4.78 is 16.0. The van der Waals surface area contributed by atoms with E-state index in [-0.39, 0.29) is 6.61 Å². The molecule has 4 heterocycles. The van der Waals surface area contributed by atoms with Gasteiger partial charge in [0.2, 0.25) is 0 Å². The van der Waals surface area contributed by atoms with Crippen LogP contribution in [-0.4, -0.2) is 29.2 Å². The number of anilines is 1. The molecule has 0 unspecified atom stereocenters. The summed E-state index contributed by atoms with van der Waals surface area (Å²) in [6.45, 7) is -0.992. The number of hydrogen-bond acceptors (Lipinski definition) is 6. The molecule has 0 bridgehead atoms. The number of aromatic nitrogens is 5. The number of fused-ring (bicyclic) bond motifs is 1. The second-order valence-electron chi connectivity index (χ2n) is 7.42. The predicted octanol–water partition coefficient (Wildman–Crippen LogP) is 3.31. The van der Waals surface area contributed by atoms with Gasteiger partial charge in [0, 0.05) is 29.7 Å². The fraction of sp³-hybridized carbons (Fsp3) is 0.0833. The zero-order valence-corrected chi connectivity index (χ0v) is 17.4. The lowest BCUT2D eigenvalue weighted by Gasteiger charge is -2.11. The van der Waals surface area contributed by atoms with Gasteiger partial charge in [-0.3, -0.25) is 13.9 Å². The van der Waals surface area contributed by atoms with Gasteiger partial charge in [-0.05, 0) is 48.0 Å². The zero-order valence-electron chi connectivity index (χ0n) is 17.4. The molecule has 0 radical (unpaired) electrons. The Morgan fingerprint density at radius 2 is 1.82 bits per heavy atom. The molecule has 0 amide bonds. The van der Waals surface area contributed by atoms with E-state index in [1.165, 1.54) is 12.3 Å². The molecule has 0 spiro atoms. The van der Waals surface area contributed by atoms with Crippen LogP contribution in [0.15, 0.2) is 77.9 Å². The van der Waals surface area contributed by atoms with Crippen LogP contribution in [0.4, 0.5) is 10.2 Å². The molecule has 1 aromatic carbocycles. The van der Waals surface area contributed by atoms with E-state index in [0.29, 0.717) is 39.6 Å². The van der Waals surface area contributed by atoms with Gasteiger partial charge < -0.3 is 10.8 Å². The van der Waals surface area contributed by atoms with Gasteiger partial charge in [-0.2, -0.15) is 0 Å². The van der Waals surface area contributed by atoms with Crippen molar-refractivity contribution in [1.29, 1.82) is 0 Å². The Morgan fingerprint density at radius 1 is 1.00 bits per heavy atom. The van der Waals surface area contributed by atoms with E-state index in [2.05, 4.69) is 4.98 Å². The molecule has 0 aliphatic rings. The lowest BCUT2D eigenvalue weighted by Crippen LogP contribution is -2.16. The molecule has 0 aliphatic heterocycles. The van der Waals surface area contributed by atoms with E-state index in [0.717, 1.165) is 15.8 Å². The van der Waals surface area contributed by atoms with E-state index in [1.807, 2.05) is 41.0 Å². The Labute approximate surface area is 187 Å². The molecule has 0 saturated carbocycles. The fourth-order valence-electron chi connectivity index (χ4n) is 3.68. The summed E-state index contributed by atoms with van der Waals surface area (Å²) >= 11 is 0. The summed E-state index contributed by atoms with van der Waals surface area (Å²) in [5.41, 5.74) is 10.3. The minimum Gasteiger partial charge on any atom is -0.392 e. The maximum Gasteiger partial charge on any atom is 0.252 e. The number of pyridine rings is 3. The summed E-state index contributed by atoms with van der Waals surface area (Å²) in [4.78, 5) is 25.5. The van der Waals surface area contributed by atoms with Crippen LogP contribution in [0, 0.1) is 0 Å². The van der Waals surface area contributed by atoms with Crippen LogP contribution in [0.5, 0.6) is 0 Å². The fourth-order valence-corrected chi connectivity index (χ4v) is 3.68. The van der Waals surface area contributed by atoms with Crippen LogP contribution in [-0.2, 0) is 13.4 Å². The minimum atomic E-state index is -0.922. The number of benzene rings is 1. The molecule has 3 N–H and O–H groups in total. The molecule has 0 atom stereocenters. The molecule has 164 valence electrons. The van der Waals surface area contributed by atoms with Crippen LogP contribution in [0.1, 0.15) is 5.56 Å². The summed E-state index contributed by atoms with van der Waals surface area (Å²) in [6.07, 6.45) is 3.05. The van der Waals surface area contributed by atoms with E-state index in [1.54, 1.807) is 24.4 Å². The Morgan fingerprint density at radius 3 is 2.55 bits per heavy atom. The first kappa shape index (κ1) is 20.5. The summed E-state index contributed by atoms with van der Waals surface area (Å²) in [7, 11) is 0. The molecule has 5 rings (SSSR count). The number of aliphatic hydroxyl groups is 1. The normalized spacial score (nSPS) is 11.2. The molecule has 4 aromatic heterocycles. The van der Waals surface area contributed by atoms with Gasteiger partial charge in [0.25, 0.3) is 5.56 Å². The van der Waals surface area contributed by atoms with Crippen molar-refractivity contribution in [3.05, 3.63) is 89.0 Å². The van der Waals surface area contributed by atoms with Crippen molar-refractivity contribution in [2.24, 2.45) is 0 Å². The second-order valence-corrected chi connectivity index (χ2v) is 7.42. The Balaban J connectivity index is 1.77. The highest BCUT2D eigenvalue weighted by Crippen LogP contribution is 2.31. The highest BCUT2D eigenvalue weighted by atomic mass is 19.1. The van der Waals surface area contributed by atoms with Gasteiger partial charge in [0.1, 0.15) is 11.3 Å². The molecule has 9 heteroatoms. The molecule has 0 fully saturated rings. The number of hydrogen-bond donors (Lipinski definition) is 2. The van der Waals surface area contributed by atoms with Gasteiger partial charge in [-0.1, -0.05) is 12.1 Å². The van der Waals surface area contributed by atoms with Crippen molar-refractivity contribution in [2.45, 2.75) is 13.4 Å². The smallest absolute Gasteiger partial charge is 0.252 e. The SMILES string of the molecule is Nc1ncccc1-c1nc2ccc(-c3ccc(=O)n(CF)c3)nc2n1-c1ccc(CO)cc1. The van der Waals surface area contributed by atoms with Crippen molar-refractivity contribution in [2.75, 3.05) is 5.73 Å². The van der Waals surface area contributed by atoms with Crippen molar-refractivity contribution in [3.8, 4) is 28.3 Å². The summed E-state index contributed by atoms with van der Waals surface area (Å²) in [5, 5.41) is 9.42. The van der Waals surface area contributed by atoms with Crippen molar-refractivity contribution in [1.82, 2.24) is 24.1 Å². The first-order valence-corrected chi connectivity index (χ1v) is 10.2. The molecule has 5 aromatic rings. The number of aliphatic hydroxyl groups excluding tert-OH is 1. The van der Waals surface area contributed by atoms with Crippen molar-refractivity contribution in [3.63, 3.8) is 0 Å². The summed E-state index contributed by atoms with van der Waals surface area (Å²) in [5.74, 6) is 0.891. The lowest BCUT2D eigenvalue weighted by atomic mass is 10.2. The van der Waals surface area contributed by atoms with Gasteiger partial charge in [0.05, 0.1) is 17.9 Å². The number of imidazole rings is 1. The maximum absolute atomic E-state index is 13.2. The van der Waals surface area contributed by atoms with Crippen molar-refractivity contribution < 1.29 is 9.50 Å². The van der Waals surface area contributed by atoms with Gasteiger partial charge >= 0.3 is 0 Å². The molecule has 33 heavy (non-hydrogen) atoms. The highest BCUT2D eigenvalue weighted by Gasteiger charge is 2.18. The molecule has 8 nitrogen and oxygen atoms in total. The quantitative estimate of drug-likeness (QED) is 0.432. The molecule has 0 saturated heterocycles. The molecule has 0 aliphatic carbocycles. The molecular weight excluding hydrogens is 423 g/mol. The van der Waals surface area contributed by atoms with Gasteiger partial charge in [0.15, 0.2) is 18.3 Å². The topological polar surface area (TPSA) is 112 Å². The van der Waals surface area contributed by atoms with Gasteiger partial charge in [-0.15, -0.1) is 0 Å². The Kier molecular flexibility index (Phi) is 5.15. The number of nitrogens with zero attached hydrogens (tertiary/aromatic N) is 5. The average Bonchev–Trinajstić information content (AvgIpc) is 3.23. The highest BCUT2D eigenvalue weighted by molar-refractivity contribution is 5.84. The number of nitrogens with two attached hydrogens (primary N) is 1. The van der Waals surface area contributed by atoms with Crippen LogP contribution in [0.2, 0.25) is 0 Å². The summed E-state index contributed by atoms with van der Waals surface area (Å²) in [6, 6.07) is 17.5. The van der Waals surface area contributed by atoms with Crippen LogP contribution in [0.3, 0.4) is 0 Å². The minimum absolute atomic E-state index is 0.0694. The Bertz CT molecular complexity index is 1520. The zero-order chi connectivity index (χ0) is 22.9. The van der Waals surface area contributed by atoms with E-state index < -0.39 is 12.4 Å². The van der Waals surface area contributed by atoms with Crippen LogP contribution < -0.4 is 11.3 Å². The second kappa shape index (κ2) is 8.29. The van der Waals surface area contributed by atoms with Crippen LogP contribution in [0.25, 0.3) is 39.5 Å². The third-order valence-electron chi connectivity index (χ3n) is 5.37. The maximum atomic E-state index is 13.2. The number of rotatable bonds is 5. The number of nitrogen functional groups attached to an aromatic ring is 1. The number of halogens is 1. The monoisotopic (exact) mass is 442 g/mol.